The summed E-state index contributed by atoms with van der Waals surface area (Å²) in [6, 6.07) is 9.23. The molecule has 0 aromatic heterocycles. The third-order valence-electron chi connectivity index (χ3n) is 1.60. The van der Waals surface area contributed by atoms with Crippen molar-refractivity contribution in [2.75, 3.05) is 0 Å². The highest BCUT2D eigenvalue weighted by Crippen LogP contribution is 2.22. The molecular formula is C9H7F2N3S. The number of hydrogen-bond donors (Lipinski definition) is 1. The lowest BCUT2D eigenvalue weighted by Crippen LogP contribution is -2.28. The van der Waals surface area contributed by atoms with E-state index in [0.29, 0.717) is 0 Å². The molecule has 6 heteroatoms. The van der Waals surface area contributed by atoms with Gasteiger partial charge in [-0.1, -0.05) is 34.4 Å². The smallest absolute Gasteiger partial charge is 0.211 e. The number of benzene rings is 1. The van der Waals surface area contributed by atoms with Crippen molar-refractivity contribution in [2.45, 2.75) is 4.90 Å². The molecule has 78 valence electrons. The second-order valence-corrected chi connectivity index (χ2v) is 3.81. The van der Waals surface area contributed by atoms with Crippen molar-refractivity contribution in [3.05, 3.63) is 42.4 Å². The first-order chi connectivity index (χ1) is 7.24. The number of nitrogens with zero attached hydrogens (tertiary/aromatic N) is 2. The fourth-order valence-electron chi connectivity index (χ4n) is 1.03. The zero-order valence-electron chi connectivity index (χ0n) is 7.52. The third kappa shape index (κ3) is 2.69. The monoisotopic (exact) mass is 227 g/mol. The van der Waals surface area contributed by atoms with Crippen LogP contribution in [0.15, 0.2) is 52.4 Å². The Morgan fingerprint density at radius 3 is 2.67 bits per heavy atom. The standard InChI is InChI=1S/C9H7F2N3S/c10-8-6-9(13-14(11)12-8)15-7-4-2-1-3-5-7/h1-6,12H. The van der Waals surface area contributed by atoms with Gasteiger partial charge in [-0.2, -0.15) is 4.39 Å². The molecule has 0 bridgehead atoms. The average Bonchev–Trinajstić information content (AvgIpc) is 2.17. The molecule has 2 rings (SSSR count). The molecule has 1 N–H and O–H groups in total. The van der Waals surface area contributed by atoms with Crippen LogP contribution < -0.4 is 5.43 Å². The Labute approximate surface area is 89.4 Å². The normalized spacial score (nSPS) is 15.5. The number of hydrazone groups is 1. The lowest BCUT2D eigenvalue weighted by Gasteiger charge is -2.14. The summed E-state index contributed by atoms with van der Waals surface area (Å²) in [4.78, 5) is 0.871. The Bertz CT molecular complexity index is 405. The van der Waals surface area contributed by atoms with Crippen molar-refractivity contribution < 1.29 is 8.87 Å². The van der Waals surface area contributed by atoms with Crippen LogP contribution in [0.25, 0.3) is 0 Å². The van der Waals surface area contributed by atoms with Gasteiger partial charge in [-0.15, -0.1) is 5.10 Å². The quantitative estimate of drug-likeness (QED) is 0.590. The van der Waals surface area contributed by atoms with Gasteiger partial charge in [0.2, 0.25) is 5.95 Å². The maximum atomic E-state index is 12.8. The topological polar surface area (TPSA) is 27.6 Å². The van der Waals surface area contributed by atoms with Crippen molar-refractivity contribution in [1.82, 2.24) is 10.8 Å². The van der Waals surface area contributed by atoms with Crippen LogP contribution in [0.3, 0.4) is 0 Å². The van der Waals surface area contributed by atoms with Gasteiger partial charge in [0.1, 0.15) is 5.04 Å². The molecule has 1 aromatic rings. The van der Waals surface area contributed by atoms with Gasteiger partial charge < -0.3 is 0 Å². The first-order valence-corrected chi connectivity index (χ1v) is 4.97. The van der Waals surface area contributed by atoms with Crippen molar-refractivity contribution in [3.63, 3.8) is 0 Å². The molecule has 0 saturated heterocycles. The second kappa shape index (κ2) is 4.31. The van der Waals surface area contributed by atoms with E-state index in [9.17, 15) is 8.87 Å². The minimum Gasteiger partial charge on any atom is -0.227 e. The van der Waals surface area contributed by atoms with Crippen molar-refractivity contribution in [3.8, 4) is 0 Å². The highest BCUT2D eigenvalue weighted by atomic mass is 32.2. The summed E-state index contributed by atoms with van der Waals surface area (Å²) < 4.78 is 25.4. The molecule has 0 radical (unpaired) electrons. The first kappa shape index (κ1) is 9.97. The average molecular weight is 227 g/mol. The van der Waals surface area contributed by atoms with E-state index in [4.69, 9.17) is 0 Å². The predicted octanol–water partition coefficient (Wildman–Crippen LogP) is 2.61. The third-order valence-corrected chi connectivity index (χ3v) is 2.52. The largest absolute Gasteiger partial charge is 0.227 e. The van der Waals surface area contributed by atoms with E-state index in [1.165, 1.54) is 11.8 Å². The summed E-state index contributed by atoms with van der Waals surface area (Å²) in [7, 11) is 0. The molecule has 1 aliphatic rings. The molecule has 0 amide bonds. The number of rotatable bonds is 1. The van der Waals surface area contributed by atoms with Crippen LogP contribution >= 0.6 is 11.8 Å². The molecule has 0 atom stereocenters. The Morgan fingerprint density at radius 2 is 2.00 bits per heavy atom. The molecule has 1 aromatic carbocycles. The first-order valence-electron chi connectivity index (χ1n) is 4.15. The van der Waals surface area contributed by atoms with Crippen LogP contribution in [-0.2, 0) is 0 Å². The number of thioether (sulfide) groups is 1. The lowest BCUT2D eigenvalue weighted by atomic mass is 10.4. The van der Waals surface area contributed by atoms with Gasteiger partial charge in [0, 0.05) is 11.0 Å². The van der Waals surface area contributed by atoms with Gasteiger partial charge in [0.05, 0.1) is 0 Å². The van der Waals surface area contributed by atoms with E-state index in [-0.39, 0.29) is 10.4 Å². The van der Waals surface area contributed by atoms with Gasteiger partial charge in [-0.05, 0) is 17.5 Å². The maximum absolute atomic E-state index is 12.8. The predicted molar refractivity (Wildman–Crippen MR) is 55.0 cm³/mol. The van der Waals surface area contributed by atoms with E-state index in [1.807, 2.05) is 30.3 Å². The molecule has 0 spiro atoms. The van der Waals surface area contributed by atoms with Crippen molar-refractivity contribution in [2.24, 2.45) is 5.10 Å². The summed E-state index contributed by atoms with van der Waals surface area (Å²) in [6.45, 7) is 0. The minimum absolute atomic E-state index is 0.152. The second-order valence-electron chi connectivity index (χ2n) is 2.72. The fraction of sp³-hybridized carbons (Fsp3) is 0. The Hall–Kier alpha value is -1.56. The zero-order valence-corrected chi connectivity index (χ0v) is 8.34. The fourth-order valence-corrected chi connectivity index (χ4v) is 1.84. The molecule has 3 nitrogen and oxygen atoms in total. The van der Waals surface area contributed by atoms with E-state index in [0.717, 1.165) is 11.0 Å². The molecule has 0 fully saturated rings. The highest BCUT2D eigenvalue weighted by Gasteiger charge is 2.12. The van der Waals surface area contributed by atoms with E-state index < -0.39 is 5.95 Å². The van der Waals surface area contributed by atoms with Crippen LogP contribution in [0.5, 0.6) is 0 Å². The summed E-state index contributed by atoms with van der Waals surface area (Å²) in [5.41, 5.74) is 1.76. The highest BCUT2D eigenvalue weighted by molar-refractivity contribution is 8.14. The summed E-state index contributed by atoms with van der Waals surface area (Å²) in [6.07, 6.45) is 1.13. The summed E-state index contributed by atoms with van der Waals surface area (Å²) in [5.74, 6) is -0.772. The van der Waals surface area contributed by atoms with Crippen LogP contribution in [0, 0.1) is 0 Å². The molecule has 0 saturated carbocycles. The molecule has 1 aliphatic heterocycles. The number of nitrogens with one attached hydrogen (secondary N) is 1. The SMILES string of the molecule is FC1=CC(Sc2ccccc2)=NN(F)N1. The van der Waals surface area contributed by atoms with E-state index >= 15 is 0 Å². The molecule has 1 heterocycles. The van der Waals surface area contributed by atoms with E-state index in [1.54, 1.807) is 5.43 Å². The van der Waals surface area contributed by atoms with Crippen LogP contribution in [0.2, 0.25) is 0 Å². The Kier molecular flexibility index (Phi) is 2.86. The maximum Gasteiger partial charge on any atom is 0.211 e. The minimum atomic E-state index is -0.772. The zero-order chi connectivity index (χ0) is 10.7. The Balaban J connectivity index is 2.13. The summed E-state index contributed by atoms with van der Waals surface area (Å²) in [5, 5.41) is 3.54. The number of halogens is 2. The van der Waals surface area contributed by atoms with Crippen molar-refractivity contribution >= 4 is 16.8 Å². The van der Waals surface area contributed by atoms with Gasteiger partial charge in [0.15, 0.2) is 0 Å². The van der Waals surface area contributed by atoms with Gasteiger partial charge >= 0.3 is 0 Å². The summed E-state index contributed by atoms with van der Waals surface area (Å²) >= 11 is 1.18. The van der Waals surface area contributed by atoms with Crippen molar-refractivity contribution in [1.29, 1.82) is 0 Å². The van der Waals surface area contributed by atoms with Crippen LogP contribution in [0.4, 0.5) is 8.87 Å². The molecule has 0 unspecified atom stereocenters. The molecular weight excluding hydrogens is 220 g/mol. The molecule has 15 heavy (non-hydrogen) atoms. The lowest BCUT2D eigenvalue weighted by molar-refractivity contribution is -0.0269. The van der Waals surface area contributed by atoms with Gasteiger partial charge in [0.25, 0.3) is 0 Å². The van der Waals surface area contributed by atoms with Gasteiger partial charge in [-0.25, -0.2) is 5.43 Å². The Morgan fingerprint density at radius 1 is 1.27 bits per heavy atom. The number of hydrazine groups is 1. The van der Waals surface area contributed by atoms with Gasteiger partial charge in [-0.3, -0.25) is 0 Å². The molecule has 0 aliphatic carbocycles. The van der Waals surface area contributed by atoms with E-state index in [2.05, 4.69) is 5.10 Å². The van der Waals surface area contributed by atoms with Crippen LogP contribution in [-0.4, -0.2) is 10.4 Å². The number of hydrogen-bond acceptors (Lipinski definition) is 4. The van der Waals surface area contributed by atoms with Crippen LogP contribution in [0.1, 0.15) is 0 Å².